The van der Waals surface area contributed by atoms with Gasteiger partial charge in [0.25, 0.3) is 5.91 Å². The molecular formula is C14H18BrNO2S. The Labute approximate surface area is 126 Å². The van der Waals surface area contributed by atoms with Crippen molar-refractivity contribution in [2.45, 2.75) is 25.1 Å². The zero-order valence-electron chi connectivity index (χ0n) is 11.4. The molecule has 0 N–H and O–H groups in total. The van der Waals surface area contributed by atoms with Crippen molar-refractivity contribution >= 4 is 33.6 Å². The maximum absolute atomic E-state index is 12.7. The van der Waals surface area contributed by atoms with E-state index in [0.29, 0.717) is 16.6 Å². The quantitative estimate of drug-likeness (QED) is 0.823. The van der Waals surface area contributed by atoms with Gasteiger partial charge in [0, 0.05) is 28.1 Å². The lowest BCUT2D eigenvalue weighted by Crippen LogP contribution is -2.48. The average molecular weight is 344 g/mol. The van der Waals surface area contributed by atoms with Gasteiger partial charge in [0.05, 0.1) is 12.7 Å². The van der Waals surface area contributed by atoms with Crippen LogP contribution >= 0.6 is 27.7 Å². The first-order valence-corrected chi connectivity index (χ1v) is 8.15. The fourth-order valence-corrected chi connectivity index (χ4v) is 3.66. The number of carbonyl (C=O) groups excluding carboxylic acids is 1. The molecule has 2 unspecified atom stereocenters. The van der Waals surface area contributed by atoms with Crippen molar-refractivity contribution in [2.75, 3.05) is 19.4 Å². The molecule has 19 heavy (non-hydrogen) atoms. The fraction of sp³-hybridized carbons (Fsp3) is 0.500. The fourth-order valence-electron chi connectivity index (χ4n) is 2.22. The molecule has 104 valence electrons. The van der Waals surface area contributed by atoms with E-state index in [1.54, 1.807) is 7.11 Å². The van der Waals surface area contributed by atoms with E-state index in [4.69, 9.17) is 4.74 Å². The van der Waals surface area contributed by atoms with Crippen LogP contribution in [0.1, 0.15) is 24.2 Å². The van der Waals surface area contributed by atoms with Crippen molar-refractivity contribution in [3.05, 3.63) is 28.2 Å². The molecule has 0 spiro atoms. The highest BCUT2D eigenvalue weighted by atomic mass is 79.9. The second kappa shape index (κ2) is 6.18. The Hall–Kier alpha value is -0.680. The molecule has 0 saturated carbocycles. The summed E-state index contributed by atoms with van der Waals surface area (Å²) < 4.78 is 6.23. The lowest BCUT2D eigenvalue weighted by Gasteiger charge is -2.37. The van der Waals surface area contributed by atoms with E-state index >= 15 is 0 Å². The van der Waals surface area contributed by atoms with Gasteiger partial charge in [0.15, 0.2) is 0 Å². The molecular weight excluding hydrogens is 326 g/mol. The van der Waals surface area contributed by atoms with Crippen LogP contribution < -0.4 is 4.74 Å². The van der Waals surface area contributed by atoms with Gasteiger partial charge < -0.3 is 9.64 Å². The van der Waals surface area contributed by atoms with E-state index in [1.807, 2.05) is 34.9 Å². The number of ether oxygens (including phenoxy) is 1. The molecule has 5 heteroatoms. The SMILES string of the molecule is COc1cc(Br)ccc1C(=O)N1CCSC(C)C1C. The van der Waals surface area contributed by atoms with Gasteiger partial charge in [-0.25, -0.2) is 0 Å². The van der Waals surface area contributed by atoms with Gasteiger partial charge in [0.1, 0.15) is 5.75 Å². The maximum Gasteiger partial charge on any atom is 0.257 e. The molecule has 0 bridgehead atoms. The minimum absolute atomic E-state index is 0.0593. The number of carbonyl (C=O) groups is 1. The van der Waals surface area contributed by atoms with Gasteiger partial charge in [-0.3, -0.25) is 4.79 Å². The van der Waals surface area contributed by atoms with E-state index in [9.17, 15) is 4.79 Å². The van der Waals surface area contributed by atoms with Crippen molar-refractivity contribution in [3.8, 4) is 5.75 Å². The third-order valence-corrected chi connectivity index (χ3v) is 5.37. The molecule has 1 aromatic carbocycles. The van der Waals surface area contributed by atoms with Gasteiger partial charge in [-0.2, -0.15) is 11.8 Å². The first-order chi connectivity index (χ1) is 9.04. The number of hydrogen-bond acceptors (Lipinski definition) is 3. The monoisotopic (exact) mass is 343 g/mol. The van der Waals surface area contributed by atoms with Gasteiger partial charge in [0.2, 0.25) is 0 Å². The van der Waals surface area contributed by atoms with Crippen molar-refractivity contribution < 1.29 is 9.53 Å². The summed E-state index contributed by atoms with van der Waals surface area (Å²) in [6.45, 7) is 5.09. The third kappa shape index (κ3) is 3.08. The summed E-state index contributed by atoms with van der Waals surface area (Å²) in [5, 5.41) is 0.471. The van der Waals surface area contributed by atoms with Crippen LogP contribution in [0.4, 0.5) is 0 Å². The van der Waals surface area contributed by atoms with Crippen LogP contribution in [-0.2, 0) is 0 Å². The molecule has 1 aromatic rings. The highest BCUT2D eigenvalue weighted by Crippen LogP contribution is 2.29. The van der Waals surface area contributed by atoms with Crippen LogP contribution in [0.25, 0.3) is 0 Å². The van der Waals surface area contributed by atoms with Crippen LogP contribution in [0.3, 0.4) is 0 Å². The van der Waals surface area contributed by atoms with Crippen LogP contribution in [0, 0.1) is 0 Å². The summed E-state index contributed by atoms with van der Waals surface area (Å²) in [5.41, 5.74) is 0.636. The lowest BCUT2D eigenvalue weighted by atomic mass is 10.1. The second-order valence-corrected chi connectivity index (χ2v) is 7.06. The van der Waals surface area contributed by atoms with Gasteiger partial charge >= 0.3 is 0 Å². The summed E-state index contributed by atoms with van der Waals surface area (Å²) in [5.74, 6) is 1.68. The van der Waals surface area contributed by atoms with Crippen molar-refractivity contribution in [1.82, 2.24) is 4.90 Å². The standard InChI is InChI=1S/C14H18BrNO2S/c1-9-10(2)19-7-6-16(9)14(17)12-5-4-11(15)8-13(12)18-3/h4-5,8-10H,6-7H2,1-3H3. The topological polar surface area (TPSA) is 29.5 Å². The molecule has 3 nitrogen and oxygen atoms in total. The predicted octanol–water partition coefficient (Wildman–Crippen LogP) is 3.42. The van der Waals surface area contributed by atoms with Crippen molar-refractivity contribution in [1.29, 1.82) is 0 Å². The Bertz CT molecular complexity index is 481. The van der Waals surface area contributed by atoms with Gasteiger partial charge in [-0.1, -0.05) is 22.9 Å². The van der Waals surface area contributed by atoms with Crippen LogP contribution in [0.15, 0.2) is 22.7 Å². The first-order valence-electron chi connectivity index (χ1n) is 6.30. The van der Waals surface area contributed by atoms with Crippen LogP contribution in [0.2, 0.25) is 0 Å². The Morgan fingerprint density at radius 1 is 1.47 bits per heavy atom. The Morgan fingerprint density at radius 3 is 2.89 bits per heavy atom. The molecule has 1 fully saturated rings. The molecule has 1 aliphatic rings. The van der Waals surface area contributed by atoms with Gasteiger partial charge in [-0.05, 0) is 25.1 Å². The number of halogens is 1. The number of amides is 1. The molecule has 0 radical (unpaired) electrons. The first kappa shape index (κ1) is 14.7. The number of rotatable bonds is 2. The van der Waals surface area contributed by atoms with Crippen molar-refractivity contribution in [3.63, 3.8) is 0 Å². The number of benzene rings is 1. The van der Waals surface area contributed by atoms with Crippen LogP contribution in [0.5, 0.6) is 5.75 Å². The molecule has 1 amide bonds. The maximum atomic E-state index is 12.7. The highest BCUT2D eigenvalue weighted by molar-refractivity contribution is 9.10. The van der Waals surface area contributed by atoms with E-state index < -0.39 is 0 Å². The van der Waals surface area contributed by atoms with Crippen molar-refractivity contribution in [2.24, 2.45) is 0 Å². The number of thioether (sulfide) groups is 1. The normalized spacial score (nSPS) is 23.3. The molecule has 2 rings (SSSR count). The van der Waals surface area contributed by atoms with E-state index in [0.717, 1.165) is 16.8 Å². The Morgan fingerprint density at radius 2 is 2.21 bits per heavy atom. The minimum Gasteiger partial charge on any atom is -0.496 e. The summed E-state index contributed by atoms with van der Waals surface area (Å²) in [6, 6.07) is 5.78. The Balaban J connectivity index is 2.28. The predicted molar refractivity (Wildman–Crippen MR) is 83.1 cm³/mol. The minimum atomic E-state index is 0.0593. The smallest absolute Gasteiger partial charge is 0.257 e. The summed E-state index contributed by atoms with van der Waals surface area (Å²) in [6.07, 6.45) is 0. The number of methoxy groups -OCH3 is 1. The largest absolute Gasteiger partial charge is 0.496 e. The molecule has 2 atom stereocenters. The number of nitrogens with zero attached hydrogens (tertiary/aromatic N) is 1. The molecule has 0 aliphatic carbocycles. The molecule has 0 aromatic heterocycles. The molecule has 1 saturated heterocycles. The second-order valence-electron chi connectivity index (χ2n) is 4.66. The van der Waals surface area contributed by atoms with Crippen LogP contribution in [-0.4, -0.2) is 41.5 Å². The van der Waals surface area contributed by atoms with E-state index in [2.05, 4.69) is 29.8 Å². The van der Waals surface area contributed by atoms with Gasteiger partial charge in [-0.15, -0.1) is 0 Å². The number of hydrogen-bond donors (Lipinski definition) is 0. The van der Waals surface area contributed by atoms with E-state index in [-0.39, 0.29) is 11.9 Å². The zero-order valence-corrected chi connectivity index (χ0v) is 13.8. The summed E-state index contributed by atoms with van der Waals surface area (Å²) >= 11 is 5.32. The highest BCUT2D eigenvalue weighted by Gasteiger charge is 2.30. The zero-order chi connectivity index (χ0) is 14.0. The summed E-state index contributed by atoms with van der Waals surface area (Å²) in [4.78, 5) is 14.6. The lowest BCUT2D eigenvalue weighted by molar-refractivity contribution is 0.0695. The molecule has 1 aliphatic heterocycles. The Kier molecular flexibility index (Phi) is 4.79. The molecule has 1 heterocycles. The third-order valence-electron chi connectivity index (χ3n) is 3.54. The average Bonchev–Trinajstić information content (AvgIpc) is 2.41. The summed E-state index contributed by atoms with van der Waals surface area (Å²) in [7, 11) is 1.59. The van der Waals surface area contributed by atoms with E-state index in [1.165, 1.54) is 0 Å².